The Morgan fingerprint density at radius 3 is 2.68 bits per heavy atom. The number of benzene rings is 4. The fourth-order valence-electron chi connectivity index (χ4n) is 5.47. The van der Waals surface area contributed by atoms with Gasteiger partial charge in [0.1, 0.15) is 11.9 Å². The summed E-state index contributed by atoms with van der Waals surface area (Å²) in [5, 5.41) is 3.05. The summed E-state index contributed by atoms with van der Waals surface area (Å²) in [5.74, 6) is 2.18. The zero-order valence-electron chi connectivity index (χ0n) is 22.4. The van der Waals surface area contributed by atoms with Gasteiger partial charge in [0.25, 0.3) is 5.91 Å². The summed E-state index contributed by atoms with van der Waals surface area (Å²) in [6, 6.07) is 28.0. The quantitative estimate of drug-likeness (QED) is 0.230. The van der Waals surface area contributed by atoms with E-state index in [1.807, 2.05) is 72.2 Å². The molecule has 1 N–H and O–H groups in total. The molecule has 1 amide bonds. The van der Waals surface area contributed by atoms with Gasteiger partial charge < -0.3 is 19.5 Å². The Hall–Kier alpha value is -4.40. The first-order valence-corrected chi connectivity index (χ1v) is 14.7. The zero-order valence-corrected chi connectivity index (χ0v) is 23.2. The van der Waals surface area contributed by atoms with Gasteiger partial charge in [-0.2, -0.15) is 0 Å². The van der Waals surface area contributed by atoms with Crippen molar-refractivity contribution in [2.45, 2.75) is 25.5 Å². The molecule has 2 aliphatic heterocycles. The van der Waals surface area contributed by atoms with E-state index in [0.717, 1.165) is 82.3 Å². The molecule has 0 unspecified atom stereocenters. The van der Waals surface area contributed by atoms with Crippen molar-refractivity contribution in [3.63, 3.8) is 0 Å². The third kappa shape index (κ3) is 5.62. The van der Waals surface area contributed by atoms with Crippen LogP contribution in [0.4, 0.5) is 5.69 Å². The number of amides is 1. The maximum atomic E-state index is 13.3. The second-order valence-electron chi connectivity index (χ2n) is 10.3. The number of thiazole rings is 1. The van der Waals surface area contributed by atoms with Crippen LogP contribution < -0.4 is 19.5 Å². The summed E-state index contributed by atoms with van der Waals surface area (Å²) in [5.41, 5.74) is 7.50. The lowest BCUT2D eigenvalue weighted by atomic mass is 9.96. The molecule has 1 fully saturated rings. The number of hydrogen-bond donors (Lipinski definition) is 1. The van der Waals surface area contributed by atoms with Crippen LogP contribution in [0, 0.1) is 0 Å². The molecule has 1 saturated heterocycles. The van der Waals surface area contributed by atoms with Gasteiger partial charge in [-0.1, -0.05) is 36.4 Å². The fourth-order valence-corrected chi connectivity index (χ4v) is 6.13. The van der Waals surface area contributed by atoms with E-state index in [9.17, 15) is 4.79 Å². The highest BCUT2D eigenvalue weighted by atomic mass is 32.1. The van der Waals surface area contributed by atoms with Crippen molar-refractivity contribution in [1.82, 2.24) is 9.88 Å². The average Bonchev–Trinajstić information content (AvgIpc) is 3.68. The van der Waals surface area contributed by atoms with E-state index in [1.54, 1.807) is 11.3 Å². The van der Waals surface area contributed by atoms with Crippen LogP contribution in [0.5, 0.6) is 17.2 Å². The number of nitrogens with zero attached hydrogens (tertiary/aromatic N) is 2. The molecule has 5 aromatic rings. The zero-order chi connectivity index (χ0) is 27.6. The van der Waals surface area contributed by atoms with Crippen molar-refractivity contribution in [2.24, 2.45) is 0 Å². The number of anilines is 1. The van der Waals surface area contributed by atoms with Crippen molar-refractivity contribution < 1.29 is 19.0 Å². The molecule has 7 nitrogen and oxygen atoms in total. The molecule has 8 heteroatoms. The van der Waals surface area contributed by atoms with E-state index < -0.39 is 0 Å². The third-order valence-corrected chi connectivity index (χ3v) is 8.43. The molecule has 0 radical (unpaired) electrons. The maximum Gasteiger partial charge on any atom is 0.255 e. The molecule has 0 spiro atoms. The number of rotatable bonds is 7. The largest absolute Gasteiger partial charge is 0.490 e. The maximum absolute atomic E-state index is 13.3. The number of piperidine rings is 1. The molecule has 41 heavy (non-hydrogen) atoms. The Labute approximate surface area is 242 Å². The van der Waals surface area contributed by atoms with Gasteiger partial charge in [0.05, 0.1) is 15.7 Å². The van der Waals surface area contributed by atoms with Crippen LogP contribution in [0.25, 0.3) is 21.3 Å². The lowest BCUT2D eigenvalue weighted by Crippen LogP contribution is -2.38. The Morgan fingerprint density at radius 1 is 0.951 bits per heavy atom. The van der Waals surface area contributed by atoms with Crippen LogP contribution in [0.15, 0.2) is 90.4 Å². The minimum atomic E-state index is -0.128. The number of fused-ring (bicyclic) bond motifs is 2. The van der Waals surface area contributed by atoms with Gasteiger partial charge in [0.15, 0.2) is 11.5 Å². The molecule has 0 aliphatic carbocycles. The number of ether oxygens (including phenoxy) is 3. The van der Waals surface area contributed by atoms with Crippen LogP contribution >= 0.6 is 11.3 Å². The highest BCUT2D eigenvalue weighted by Gasteiger charge is 2.23. The van der Waals surface area contributed by atoms with Crippen LogP contribution in [-0.2, 0) is 6.54 Å². The predicted molar refractivity (Wildman–Crippen MR) is 161 cm³/mol. The molecule has 3 heterocycles. The van der Waals surface area contributed by atoms with Crippen molar-refractivity contribution in [2.75, 3.05) is 25.2 Å². The van der Waals surface area contributed by atoms with Crippen LogP contribution in [-0.4, -0.2) is 41.8 Å². The Morgan fingerprint density at radius 2 is 1.80 bits per heavy atom. The molecular weight excluding hydrogens is 534 g/mol. The van der Waals surface area contributed by atoms with Gasteiger partial charge in [0.2, 0.25) is 6.79 Å². The molecule has 0 saturated carbocycles. The lowest BCUT2D eigenvalue weighted by Gasteiger charge is -2.32. The van der Waals surface area contributed by atoms with Gasteiger partial charge in [0, 0.05) is 37.0 Å². The first-order valence-electron chi connectivity index (χ1n) is 13.8. The summed E-state index contributed by atoms with van der Waals surface area (Å²) in [7, 11) is 0. The van der Waals surface area contributed by atoms with Crippen LogP contribution in [0.3, 0.4) is 0 Å². The molecule has 7 rings (SSSR count). The van der Waals surface area contributed by atoms with E-state index in [0.29, 0.717) is 5.56 Å². The molecule has 4 aromatic carbocycles. The minimum Gasteiger partial charge on any atom is -0.490 e. The van der Waals surface area contributed by atoms with Crippen molar-refractivity contribution in [1.29, 1.82) is 0 Å². The summed E-state index contributed by atoms with van der Waals surface area (Å²) < 4.78 is 18.3. The second-order valence-corrected chi connectivity index (χ2v) is 11.2. The summed E-state index contributed by atoms with van der Waals surface area (Å²) >= 11 is 1.59. The van der Waals surface area contributed by atoms with Gasteiger partial charge in [-0.15, -0.1) is 11.3 Å². The third-order valence-electron chi connectivity index (χ3n) is 7.62. The molecule has 0 atom stereocenters. The number of likely N-dealkylation sites (tertiary alicyclic amines) is 1. The van der Waals surface area contributed by atoms with Crippen LogP contribution in [0.1, 0.15) is 28.8 Å². The average molecular weight is 564 g/mol. The highest BCUT2D eigenvalue weighted by Crippen LogP contribution is 2.36. The van der Waals surface area contributed by atoms with Crippen molar-refractivity contribution >= 4 is 33.1 Å². The fraction of sp³-hybridized carbons (Fsp3) is 0.212. The molecule has 206 valence electrons. The predicted octanol–water partition coefficient (Wildman–Crippen LogP) is 6.99. The standard InChI is InChI=1S/C33H29N3O4S/c37-33(35-25-7-11-32-29(17-25)34-20-41-32)23-6-9-28(22-4-2-1-3-5-22)24(16-23)19-36-14-12-26(13-15-36)40-27-8-10-30-31(18-27)39-21-38-30/h1-11,16-18,20,26H,12-15,19,21H2,(H,35,37). The second kappa shape index (κ2) is 11.2. The first-order chi connectivity index (χ1) is 20.2. The summed E-state index contributed by atoms with van der Waals surface area (Å²) in [6.45, 7) is 2.83. The first kappa shape index (κ1) is 25.6. The van der Waals surface area contributed by atoms with Gasteiger partial charge in [-0.3, -0.25) is 9.69 Å². The Balaban J connectivity index is 1.06. The number of carbonyl (C=O) groups excluding carboxylic acids is 1. The Bertz CT molecular complexity index is 1700. The van der Waals surface area contributed by atoms with E-state index in [4.69, 9.17) is 14.2 Å². The van der Waals surface area contributed by atoms with Gasteiger partial charge in [-0.05, 0) is 72.0 Å². The van der Waals surface area contributed by atoms with E-state index >= 15 is 0 Å². The number of carbonyl (C=O) groups is 1. The Kier molecular flexibility index (Phi) is 7.00. The molecule has 1 aromatic heterocycles. The minimum absolute atomic E-state index is 0.128. The van der Waals surface area contributed by atoms with E-state index in [-0.39, 0.29) is 18.8 Å². The van der Waals surface area contributed by atoms with Gasteiger partial charge in [-0.25, -0.2) is 4.98 Å². The highest BCUT2D eigenvalue weighted by molar-refractivity contribution is 7.16. The van der Waals surface area contributed by atoms with Gasteiger partial charge >= 0.3 is 0 Å². The van der Waals surface area contributed by atoms with E-state index in [2.05, 4.69) is 33.4 Å². The van der Waals surface area contributed by atoms with E-state index in [1.165, 1.54) is 0 Å². The summed E-state index contributed by atoms with van der Waals surface area (Å²) in [6.07, 6.45) is 2.00. The SMILES string of the molecule is O=C(Nc1ccc2scnc2c1)c1ccc(-c2ccccc2)c(CN2CCC(Oc3ccc4c(c3)OCO4)CC2)c1. The number of hydrogen-bond acceptors (Lipinski definition) is 7. The number of nitrogens with one attached hydrogen (secondary N) is 1. The molecule has 2 aliphatic rings. The molecule has 0 bridgehead atoms. The monoisotopic (exact) mass is 563 g/mol. The summed E-state index contributed by atoms with van der Waals surface area (Å²) in [4.78, 5) is 20.1. The smallest absolute Gasteiger partial charge is 0.255 e. The number of aromatic nitrogens is 1. The lowest BCUT2D eigenvalue weighted by molar-refractivity contribution is 0.0966. The normalized spacial score (nSPS) is 15.2. The topological polar surface area (TPSA) is 72.9 Å². The van der Waals surface area contributed by atoms with Crippen molar-refractivity contribution in [3.8, 4) is 28.4 Å². The molecular formula is C33H29N3O4S. The van der Waals surface area contributed by atoms with Crippen molar-refractivity contribution in [3.05, 3.63) is 102 Å². The van der Waals surface area contributed by atoms with Crippen LogP contribution in [0.2, 0.25) is 0 Å².